The molecule has 0 aliphatic rings. The SMILES string of the molecule is CCCCC(CCc1ccccc1C)NC. The lowest BCUT2D eigenvalue weighted by atomic mass is 9.98. The van der Waals surface area contributed by atoms with Crippen LogP contribution in [-0.2, 0) is 6.42 Å². The van der Waals surface area contributed by atoms with E-state index in [-0.39, 0.29) is 0 Å². The summed E-state index contributed by atoms with van der Waals surface area (Å²) >= 11 is 0. The van der Waals surface area contributed by atoms with E-state index in [1.54, 1.807) is 0 Å². The number of unbranched alkanes of at least 4 members (excludes halogenated alkanes) is 1. The van der Waals surface area contributed by atoms with Crippen LogP contribution in [0.1, 0.15) is 43.7 Å². The summed E-state index contributed by atoms with van der Waals surface area (Å²) in [7, 11) is 2.08. The summed E-state index contributed by atoms with van der Waals surface area (Å²) in [6.07, 6.45) is 6.38. The molecule has 1 atom stereocenters. The molecular formula is C15H25N. The van der Waals surface area contributed by atoms with Crippen LogP contribution in [0.4, 0.5) is 0 Å². The van der Waals surface area contributed by atoms with Crippen molar-refractivity contribution in [1.29, 1.82) is 0 Å². The Morgan fingerprint density at radius 3 is 2.56 bits per heavy atom. The first-order valence-electron chi connectivity index (χ1n) is 6.49. The van der Waals surface area contributed by atoms with Gasteiger partial charge >= 0.3 is 0 Å². The molecule has 1 heteroatoms. The van der Waals surface area contributed by atoms with E-state index in [0.717, 1.165) is 0 Å². The van der Waals surface area contributed by atoms with Crippen LogP contribution in [0.15, 0.2) is 24.3 Å². The van der Waals surface area contributed by atoms with Crippen LogP contribution >= 0.6 is 0 Å². The quantitative estimate of drug-likeness (QED) is 0.737. The van der Waals surface area contributed by atoms with Crippen LogP contribution < -0.4 is 5.32 Å². The predicted molar refractivity (Wildman–Crippen MR) is 71.9 cm³/mol. The average Bonchev–Trinajstić information content (AvgIpc) is 2.31. The zero-order valence-electron chi connectivity index (χ0n) is 10.9. The van der Waals surface area contributed by atoms with E-state index in [1.807, 2.05) is 0 Å². The second-order valence-electron chi connectivity index (χ2n) is 4.59. The maximum Gasteiger partial charge on any atom is 0.00672 e. The normalized spacial score (nSPS) is 12.7. The number of rotatable bonds is 7. The van der Waals surface area contributed by atoms with Crippen LogP contribution in [0.3, 0.4) is 0 Å². The van der Waals surface area contributed by atoms with Crippen molar-refractivity contribution in [2.45, 2.75) is 52.0 Å². The molecule has 1 unspecified atom stereocenters. The van der Waals surface area contributed by atoms with Gasteiger partial charge in [-0.1, -0.05) is 44.0 Å². The molecule has 0 fully saturated rings. The lowest BCUT2D eigenvalue weighted by Gasteiger charge is -2.16. The van der Waals surface area contributed by atoms with E-state index in [1.165, 1.54) is 43.2 Å². The Hall–Kier alpha value is -0.820. The van der Waals surface area contributed by atoms with Gasteiger partial charge in [0.05, 0.1) is 0 Å². The van der Waals surface area contributed by atoms with Crippen LogP contribution in [0, 0.1) is 6.92 Å². The molecule has 0 bridgehead atoms. The smallest absolute Gasteiger partial charge is 0.00672 e. The minimum absolute atomic E-state index is 0.680. The third-order valence-corrected chi connectivity index (χ3v) is 3.34. The minimum Gasteiger partial charge on any atom is -0.317 e. The Bertz CT molecular complexity index is 293. The molecule has 0 heterocycles. The number of nitrogens with one attached hydrogen (secondary N) is 1. The topological polar surface area (TPSA) is 12.0 Å². The summed E-state index contributed by atoms with van der Waals surface area (Å²) in [6.45, 7) is 4.46. The van der Waals surface area contributed by atoms with Gasteiger partial charge in [-0.05, 0) is 44.4 Å². The highest BCUT2D eigenvalue weighted by Crippen LogP contribution is 2.13. The summed E-state index contributed by atoms with van der Waals surface area (Å²) in [5.41, 5.74) is 2.92. The molecular weight excluding hydrogens is 194 g/mol. The van der Waals surface area contributed by atoms with E-state index in [4.69, 9.17) is 0 Å². The molecule has 16 heavy (non-hydrogen) atoms. The third-order valence-electron chi connectivity index (χ3n) is 3.34. The number of aryl methyl sites for hydroxylation is 2. The molecule has 1 rings (SSSR count). The molecule has 1 N–H and O–H groups in total. The largest absolute Gasteiger partial charge is 0.317 e. The van der Waals surface area contributed by atoms with Crippen LogP contribution in [-0.4, -0.2) is 13.1 Å². The summed E-state index contributed by atoms with van der Waals surface area (Å²) in [5.74, 6) is 0. The molecule has 0 saturated carbocycles. The molecule has 0 aliphatic heterocycles. The predicted octanol–water partition coefficient (Wildman–Crippen LogP) is 3.71. The van der Waals surface area contributed by atoms with Crippen molar-refractivity contribution in [3.63, 3.8) is 0 Å². The van der Waals surface area contributed by atoms with Gasteiger partial charge in [-0.2, -0.15) is 0 Å². The first kappa shape index (κ1) is 13.2. The Kier molecular flexibility index (Phi) is 6.17. The molecule has 90 valence electrons. The van der Waals surface area contributed by atoms with Crippen molar-refractivity contribution in [3.05, 3.63) is 35.4 Å². The van der Waals surface area contributed by atoms with Gasteiger partial charge in [-0.3, -0.25) is 0 Å². The zero-order chi connectivity index (χ0) is 11.8. The lowest BCUT2D eigenvalue weighted by molar-refractivity contribution is 0.471. The number of hydrogen-bond acceptors (Lipinski definition) is 1. The second kappa shape index (κ2) is 7.45. The van der Waals surface area contributed by atoms with E-state index in [0.29, 0.717) is 6.04 Å². The standard InChI is InChI=1S/C15H25N/c1-4-5-10-15(16-3)12-11-14-9-7-6-8-13(14)2/h6-9,15-16H,4-5,10-12H2,1-3H3. The first-order valence-corrected chi connectivity index (χ1v) is 6.49. The lowest BCUT2D eigenvalue weighted by Crippen LogP contribution is -2.25. The molecule has 1 aromatic rings. The van der Waals surface area contributed by atoms with Crippen molar-refractivity contribution in [3.8, 4) is 0 Å². The Labute approximate surface area is 100 Å². The molecule has 0 aromatic heterocycles. The fourth-order valence-corrected chi connectivity index (χ4v) is 2.10. The van der Waals surface area contributed by atoms with Gasteiger partial charge < -0.3 is 5.32 Å². The summed E-state index contributed by atoms with van der Waals surface area (Å²) in [5, 5.41) is 3.43. The fourth-order valence-electron chi connectivity index (χ4n) is 2.10. The molecule has 0 radical (unpaired) electrons. The van der Waals surface area contributed by atoms with E-state index in [2.05, 4.69) is 50.5 Å². The highest BCUT2D eigenvalue weighted by Gasteiger charge is 2.06. The van der Waals surface area contributed by atoms with Gasteiger partial charge in [0.15, 0.2) is 0 Å². The monoisotopic (exact) mass is 219 g/mol. The minimum atomic E-state index is 0.680. The summed E-state index contributed by atoms with van der Waals surface area (Å²) < 4.78 is 0. The molecule has 1 nitrogen and oxygen atoms in total. The Morgan fingerprint density at radius 1 is 1.19 bits per heavy atom. The first-order chi connectivity index (χ1) is 7.77. The van der Waals surface area contributed by atoms with E-state index in [9.17, 15) is 0 Å². The molecule has 0 aliphatic carbocycles. The maximum absolute atomic E-state index is 3.43. The molecule has 0 saturated heterocycles. The van der Waals surface area contributed by atoms with Crippen LogP contribution in [0.5, 0.6) is 0 Å². The maximum atomic E-state index is 3.43. The number of hydrogen-bond donors (Lipinski definition) is 1. The zero-order valence-corrected chi connectivity index (χ0v) is 10.9. The summed E-state index contributed by atoms with van der Waals surface area (Å²) in [6, 6.07) is 9.39. The molecule has 0 spiro atoms. The van der Waals surface area contributed by atoms with Crippen molar-refractivity contribution in [1.82, 2.24) is 5.32 Å². The van der Waals surface area contributed by atoms with Crippen molar-refractivity contribution in [2.75, 3.05) is 7.05 Å². The highest BCUT2D eigenvalue weighted by atomic mass is 14.9. The van der Waals surface area contributed by atoms with Gasteiger partial charge in [0.1, 0.15) is 0 Å². The van der Waals surface area contributed by atoms with Crippen LogP contribution in [0.25, 0.3) is 0 Å². The van der Waals surface area contributed by atoms with Gasteiger partial charge in [-0.15, -0.1) is 0 Å². The van der Waals surface area contributed by atoms with Crippen molar-refractivity contribution in [2.24, 2.45) is 0 Å². The van der Waals surface area contributed by atoms with Gasteiger partial charge in [0.2, 0.25) is 0 Å². The van der Waals surface area contributed by atoms with Gasteiger partial charge in [-0.25, -0.2) is 0 Å². The van der Waals surface area contributed by atoms with E-state index < -0.39 is 0 Å². The third kappa shape index (κ3) is 4.36. The van der Waals surface area contributed by atoms with Gasteiger partial charge in [0.25, 0.3) is 0 Å². The molecule has 1 aromatic carbocycles. The van der Waals surface area contributed by atoms with Crippen molar-refractivity contribution < 1.29 is 0 Å². The second-order valence-corrected chi connectivity index (χ2v) is 4.59. The summed E-state index contributed by atoms with van der Waals surface area (Å²) in [4.78, 5) is 0. The average molecular weight is 219 g/mol. The van der Waals surface area contributed by atoms with Crippen LogP contribution in [0.2, 0.25) is 0 Å². The Morgan fingerprint density at radius 2 is 1.94 bits per heavy atom. The van der Waals surface area contributed by atoms with Gasteiger partial charge in [0, 0.05) is 6.04 Å². The number of benzene rings is 1. The highest BCUT2D eigenvalue weighted by molar-refractivity contribution is 5.25. The van der Waals surface area contributed by atoms with E-state index >= 15 is 0 Å². The molecule has 0 amide bonds. The van der Waals surface area contributed by atoms with Crippen molar-refractivity contribution >= 4 is 0 Å². The fraction of sp³-hybridized carbons (Fsp3) is 0.600. The Balaban J connectivity index is 2.40.